The zero-order valence-corrected chi connectivity index (χ0v) is 28.1. The van der Waals surface area contributed by atoms with Crippen molar-refractivity contribution in [1.82, 2.24) is 9.88 Å². The Balaban J connectivity index is 1.41. The Morgan fingerprint density at radius 2 is 1.94 bits per heavy atom. The predicted octanol–water partition coefficient (Wildman–Crippen LogP) is 7.60. The molecule has 0 bridgehead atoms. The van der Waals surface area contributed by atoms with Crippen LogP contribution in [-0.2, 0) is 21.6 Å². The maximum absolute atomic E-state index is 12.9. The van der Waals surface area contributed by atoms with Crippen LogP contribution >= 0.6 is 11.6 Å². The highest BCUT2D eigenvalue weighted by molar-refractivity contribution is 6.32. The van der Waals surface area contributed by atoms with Crippen molar-refractivity contribution in [1.29, 1.82) is 5.26 Å². The van der Waals surface area contributed by atoms with E-state index in [2.05, 4.69) is 66.7 Å². The average Bonchev–Trinajstić information content (AvgIpc) is 3.54. The lowest BCUT2D eigenvalue weighted by molar-refractivity contribution is -0.111. The van der Waals surface area contributed by atoms with Crippen LogP contribution in [0.1, 0.15) is 43.9 Å². The number of pyridine rings is 1. The molecule has 2 N–H and O–H groups in total. The molecule has 0 unspecified atom stereocenters. The van der Waals surface area contributed by atoms with E-state index in [0.717, 1.165) is 12.0 Å². The summed E-state index contributed by atoms with van der Waals surface area (Å²) in [5.74, 6) is 0.718. The van der Waals surface area contributed by atoms with Gasteiger partial charge in [-0.05, 0) is 54.9 Å². The van der Waals surface area contributed by atoms with Gasteiger partial charge in [-0.1, -0.05) is 62.7 Å². The first-order valence-corrected chi connectivity index (χ1v) is 15.9. The van der Waals surface area contributed by atoms with Gasteiger partial charge in [-0.2, -0.15) is 5.26 Å². The summed E-state index contributed by atoms with van der Waals surface area (Å²) in [5.41, 5.74) is 4.93. The zero-order valence-electron chi connectivity index (χ0n) is 27.4. The normalized spacial score (nSPS) is 14.8. The van der Waals surface area contributed by atoms with Crippen molar-refractivity contribution in [3.05, 3.63) is 94.7 Å². The molecule has 0 radical (unpaired) electrons. The standard InChI is InChI=1S/C37H40ClN5O4/c1-37(2,3)26-10-8-24(9-11-26)22-46-33-13-12-27(17-30(33)38)41-36-25(20-39)21-40-31-19-34(47-28-14-16-45-23-28)32(18-29(31)36)42-35(44)7-6-15-43(4)5/h6-13,17-19,21,28H,14-16,22-23H2,1-5H3,(H,40,41)(H,42,44)/b7-6+/t28-/m0/s1. The number of rotatable bonds is 11. The smallest absolute Gasteiger partial charge is 0.248 e. The van der Waals surface area contributed by atoms with Gasteiger partial charge in [0.05, 0.1) is 40.7 Å². The lowest BCUT2D eigenvalue weighted by Gasteiger charge is -2.19. The molecule has 1 aliphatic heterocycles. The first-order chi connectivity index (χ1) is 22.5. The molecule has 5 rings (SSSR count). The van der Waals surface area contributed by atoms with Gasteiger partial charge in [-0.3, -0.25) is 9.78 Å². The van der Waals surface area contributed by atoms with Crippen LogP contribution in [0.15, 0.2) is 72.9 Å². The number of fused-ring (bicyclic) bond motifs is 1. The van der Waals surface area contributed by atoms with Crippen LogP contribution in [0.2, 0.25) is 5.02 Å². The highest BCUT2D eigenvalue weighted by atomic mass is 35.5. The van der Waals surface area contributed by atoms with Crippen molar-refractivity contribution in [2.24, 2.45) is 0 Å². The van der Waals surface area contributed by atoms with Gasteiger partial charge >= 0.3 is 0 Å². The number of nitrogens with one attached hydrogen (secondary N) is 2. The molecular formula is C37H40ClN5O4. The molecule has 1 fully saturated rings. The number of hydrogen-bond acceptors (Lipinski definition) is 8. The maximum atomic E-state index is 12.9. The Kier molecular flexibility index (Phi) is 10.7. The molecule has 4 aromatic rings. The van der Waals surface area contributed by atoms with E-state index in [0.29, 0.717) is 76.4 Å². The Labute approximate surface area is 281 Å². The summed E-state index contributed by atoms with van der Waals surface area (Å²) in [5, 5.41) is 17.3. The number of hydrogen-bond donors (Lipinski definition) is 2. The van der Waals surface area contributed by atoms with E-state index in [4.69, 9.17) is 25.8 Å². The molecular weight excluding hydrogens is 614 g/mol. The van der Waals surface area contributed by atoms with Crippen LogP contribution in [0, 0.1) is 11.3 Å². The number of anilines is 3. The van der Waals surface area contributed by atoms with Crippen molar-refractivity contribution < 1.29 is 19.0 Å². The minimum atomic E-state index is -0.301. The molecule has 47 heavy (non-hydrogen) atoms. The van der Waals surface area contributed by atoms with E-state index >= 15 is 0 Å². The molecule has 1 aliphatic rings. The van der Waals surface area contributed by atoms with Crippen molar-refractivity contribution in [3.63, 3.8) is 0 Å². The third-order valence-corrected chi connectivity index (χ3v) is 7.98. The fourth-order valence-corrected chi connectivity index (χ4v) is 5.30. The SMILES string of the molecule is CN(C)C/C=C/C(=O)Nc1cc2c(Nc3ccc(OCc4ccc(C(C)(C)C)cc4)c(Cl)c3)c(C#N)cnc2cc1O[C@H]1CCOC1. The van der Waals surface area contributed by atoms with E-state index in [9.17, 15) is 10.1 Å². The van der Waals surface area contributed by atoms with E-state index in [-0.39, 0.29) is 17.4 Å². The van der Waals surface area contributed by atoms with Gasteiger partial charge in [0.25, 0.3) is 0 Å². The van der Waals surface area contributed by atoms with Gasteiger partial charge in [0.15, 0.2) is 0 Å². The van der Waals surface area contributed by atoms with Crippen LogP contribution in [0.25, 0.3) is 10.9 Å². The number of amides is 1. The predicted molar refractivity (Wildman–Crippen MR) is 187 cm³/mol. The molecule has 2 heterocycles. The Morgan fingerprint density at radius 1 is 1.15 bits per heavy atom. The van der Waals surface area contributed by atoms with Gasteiger partial charge in [-0.25, -0.2) is 0 Å². The number of carbonyl (C=O) groups excluding carboxylic acids is 1. The summed E-state index contributed by atoms with van der Waals surface area (Å²) in [7, 11) is 3.85. The number of carbonyl (C=O) groups is 1. The maximum Gasteiger partial charge on any atom is 0.248 e. The minimum Gasteiger partial charge on any atom is -0.487 e. The molecule has 0 spiro atoms. The van der Waals surface area contributed by atoms with Crippen molar-refractivity contribution >= 4 is 45.5 Å². The second kappa shape index (κ2) is 14.9. The summed E-state index contributed by atoms with van der Waals surface area (Å²) in [6.07, 6.45) is 5.38. The molecule has 244 valence electrons. The lowest BCUT2D eigenvalue weighted by Crippen LogP contribution is -2.18. The molecule has 1 atom stereocenters. The zero-order chi connectivity index (χ0) is 33.6. The molecule has 1 aromatic heterocycles. The van der Waals surface area contributed by atoms with Crippen molar-refractivity contribution in [3.8, 4) is 17.6 Å². The number of halogens is 1. The summed E-state index contributed by atoms with van der Waals surface area (Å²) >= 11 is 6.66. The van der Waals surface area contributed by atoms with Crippen molar-refractivity contribution in [2.75, 3.05) is 44.5 Å². The summed E-state index contributed by atoms with van der Waals surface area (Å²) in [6, 6.07) is 19.5. The van der Waals surface area contributed by atoms with Crippen LogP contribution in [0.3, 0.4) is 0 Å². The number of aromatic nitrogens is 1. The average molecular weight is 654 g/mol. The molecule has 10 heteroatoms. The molecule has 1 amide bonds. The van der Waals surface area contributed by atoms with E-state index in [1.165, 1.54) is 17.8 Å². The van der Waals surface area contributed by atoms with Crippen LogP contribution in [0.4, 0.5) is 17.1 Å². The fraction of sp³-hybridized carbons (Fsp3) is 0.324. The van der Waals surface area contributed by atoms with E-state index < -0.39 is 0 Å². The van der Waals surface area contributed by atoms with Gasteiger partial charge in [0, 0.05) is 42.4 Å². The van der Waals surface area contributed by atoms with Crippen LogP contribution in [-0.4, -0.2) is 55.7 Å². The summed E-state index contributed by atoms with van der Waals surface area (Å²) < 4.78 is 17.8. The quantitative estimate of drug-likeness (QED) is 0.159. The number of ether oxygens (including phenoxy) is 3. The van der Waals surface area contributed by atoms with Crippen LogP contribution < -0.4 is 20.1 Å². The summed E-state index contributed by atoms with van der Waals surface area (Å²) in [6.45, 7) is 8.63. The number of nitriles is 1. The lowest BCUT2D eigenvalue weighted by atomic mass is 9.87. The molecule has 3 aromatic carbocycles. The van der Waals surface area contributed by atoms with Gasteiger partial charge in [-0.15, -0.1) is 0 Å². The third kappa shape index (κ3) is 8.80. The third-order valence-electron chi connectivity index (χ3n) is 7.68. The molecule has 9 nitrogen and oxygen atoms in total. The number of benzene rings is 3. The summed E-state index contributed by atoms with van der Waals surface area (Å²) in [4.78, 5) is 19.4. The van der Waals surface area contributed by atoms with Gasteiger partial charge < -0.3 is 29.7 Å². The minimum absolute atomic E-state index is 0.0800. The Hall–Kier alpha value is -4.62. The highest BCUT2D eigenvalue weighted by Crippen LogP contribution is 2.38. The second-order valence-corrected chi connectivity index (χ2v) is 13.2. The Bertz CT molecular complexity index is 1800. The highest BCUT2D eigenvalue weighted by Gasteiger charge is 2.21. The topological polar surface area (TPSA) is 109 Å². The first-order valence-electron chi connectivity index (χ1n) is 15.5. The monoisotopic (exact) mass is 653 g/mol. The first kappa shape index (κ1) is 33.7. The molecule has 0 aliphatic carbocycles. The molecule has 0 saturated carbocycles. The van der Waals surface area contributed by atoms with Gasteiger partial charge in [0.2, 0.25) is 5.91 Å². The molecule has 1 saturated heterocycles. The Morgan fingerprint density at radius 3 is 2.60 bits per heavy atom. The van der Waals surface area contributed by atoms with E-state index in [1.807, 2.05) is 25.1 Å². The van der Waals surface area contributed by atoms with E-state index in [1.54, 1.807) is 30.3 Å². The largest absolute Gasteiger partial charge is 0.487 e. The van der Waals surface area contributed by atoms with Crippen molar-refractivity contribution in [2.45, 2.75) is 45.3 Å². The second-order valence-electron chi connectivity index (χ2n) is 12.8. The van der Waals surface area contributed by atoms with Gasteiger partial charge in [0.1, 0.15) is 30.3 Å². The fourth-order valence-electron chi connectivity index (χ4n) is 5.07. The van der Waals surface area contributed by atoms with Crippen LogP contribution in [0.5, 0.6) is 11.5 Å². The number of nitrogens with zero attached hydrogens (tertiary/aromatic N) is 3. The number of likely N-dealkylation sites (N-methyl/N-ethyl adjacent to an activating group) is 1.